The summed E-state index contributed by atoms with van der Waals surface area (Å²) >= 11 is 5.92. The zero-order valence-electron chi connectivity index (χ0n) is 13.4. The Morgan fingerprint density at radius 2 is 2.04 bits per heavy atom. The summed E-state index contributed by atoms with van der Waals surface area (Å²) < 4.78 is 0. The molecule has 1 aliphatic rings. The van der Waals surface area contributed by atoms with Crippen LogP contribution in [0.15, 0.2) is 48.8 Å². The number of carbonyl (C=O) groups is 1. The number of likely N-dealkylation sites (tertiary alicyclic amines) is 1. The molecule has 1 saturated heterocycles. The number of aliphatic hydroxyl groups is 1. The minimum Gasteiger partial charge on any atom is -0.393 e. The molecule has 2 atom stereocenters. The van der Waals surface area contributed by atoms with E-state index in [0.717, 1.165) is 17.5 Å². The highest BCUT2D eigenvalue weighted by Crippen LogP contribution is 2.23. The first-order valence-corrected chi connectivity index (χ1v) is 8.59. The van der Waals surface area contributed by atoms with Crippen molar-refractivity contribution in [1.29, 1.82) is 0 Å². The lowest BCUT2D eigenvalue weighted by atomic mass is 9.88. The molecule has 0 unspecified atom stereocenters. The van der Waals surface area contributed by atoms with Crippen LogP contribution in [-0.4, -0.2) is 40.1 Å². The van der Waals surface area contributed by atoms with E-state index in [0.29, 0.717) is 31.0 Å². The number of pyridine rings is 1. The largest absolute Gasteiger partial charge is 0.393 e. The lowest BCUT2D eigenvalue weighted by molar-refractivity contribution is -0.134. The average Bonchev–Trinajstić information content (AvgIpc) is 2.59. The Morgan fingerprint density at radius 1 is 1.25 bits per heavy atom. The molecule has 126 valence electrons. The molecule has 2 aromatic rings. The Morgan fingerprint density at radius 3 is 2.75 bits per heavy atom. The molecule has 0 spiro atoms. The van der Waals surface area contributed by atoms with Crippen LogP contribution in [0, 0.1) is 5.92 Å². The lowest BCUT2D eigenvalue weighted by Gasteiger charge is -2.36. The summed E-state index contributed by atoms with van der Waals surface area (Å²) in [5, 5.41) is 11.0. The molecule has 1 aromatic heterocycles. The zero-order chi connectivity index (χ0) is 16.9. The zero-order valence-corrected chi connectivity index (χ0v) is 14.2. The van der Waals surface area contributed by atoms with Crippen LogP contribution in [0.3, 0.4) is 0 Å². The van der Waals surface area contributed by atoms with Crippen LogP contribution in [0.5, 0.6) is 0 Å². The van der Waals surface area contributed by atoms with Crippen LogP contribution < -0.4 is 0 Å². The third-order valence-electron chi connectivity index (χ3n) is 4.54. The number of hydrogen-bond acceptors (Lipinski definition) is 3. The smallest absolute Gasteiger partial charge is 0.227 e. The van der Waals surface area contributed by atoms with E-state index in [9.17, 15) is 9.90 Å². The SMILES string of the molecule is O=C(Cc1cccnc1)N1CC[C@@H](O)[C@H](Cc2ccc(Cl)cc2)C1. The van der Waals surface area contributed by atoms with E-state index in [2.05, 4.69) is 4.98 Å². The molecular weight excluding hydrogens is 324 g/mol. The topological polar surface area (TPSA) is 53.4 Å². The van der Waals surface area contributed by atoms with Gasteiger partial charge in [0.2, 0.25) is 5.91 Å². The van der Waals surface area contributed by atoms with E-state index in [1.54, 1.807) is 12.4 Å². The summed E-state index contributed by atoms with van der Waals surface area (Å²) in [5.74, 6) is 0.147. The minimum atomic E-state index is -0.372. The van der Waals surface area contributed by atoms with Crippen molar-refractivity contribution >= 4 is 17.5 Å². The molecule has 1 aromatic carbocycles. The Hall–Kier alpha value is -1.91. The molecule has 0 bridgehead atoms. The van der Waals surface area contributed by atoms with Crippen molar-refractivity contribution in [3.8, 4) is 0 Å². The van der Waals surface area contributed by atoms with Gasteiger partial charge in [-0.1, -0.05) is 29.8 Å². The fraction of sp³-hybridized carbons (Fsp3) is 0.368. The maximum absolute atomic E-state index is 12.5. The standard InChI is InChI=1S/C19H21ClN2O2/c20-17-5-3-14(4-6-17)10-16-13-22(9-7-18(16)23)19(24)11-15-2-1-8-21-12-15/h1-6,8,12,16,18,23H,7,9-11,13H2/t16-,18-/m1/s1. The van der Waals surface area contributed by atoms with Crippen LogP contribution in [0.4, 0.5) is 0 Å². The molecule has 4 nitrogen and oxygen atoms in total. The quantitative estimate of drug-likeness (QED) is 0.927. The number of carbonyl (C=O) groups excluding carboxylic acids is 1. The van der Waals surface area contributed by atoms with Gasteiger partial charge in [0.15, 0.2) is 0 Å². The highest BCUT2D eigenvalue weighted by atomic mass is 35.5. The van der Waals surface area contributed by atoms with E-state index >= 15 is 0 Å². The first kappa shape index (κ1) is 16.9. The number of nitrogens with zero attached hydrogens (tertiary/aromatic N) is 2. The van der Waals surface area contributed by atoms with Crippen molar-refractivity contribution in [3.05, 3.63) is 64.9 Å². The summed E-state index contributed by atoms with van der Waals surface area (Å²) in [6.07, 6.45) is 4.78. The molecule has 5 heteroatoms. The summed E-state index contributed by atoms with van der Waals surface area (Å²) in [4.78, 5) is 18.4. The first-order valence-electron chi connectivity index (χ1n) is 8.21. The Kier molecular flexibility index (Phi) is 5.48. The average molecular weight is 345 g/mol. The van der Waals surface area contributed by atoms with Crippen molar-refractivity contribution < 1.29 is 9.90 Å². The molecule has 1 fully saturated rings. The summed E-state index contributed by atoms with van der Waals surface area (Å²) in [7, 11) is 0. The molecule has 2 heterocycles. The third-order valence-corrected chi connectivity index (χ3v) is 4.79. The van der Waals surface area contributed by atoms with E-state index in [-0.39, 0.29) is 17.9 Å². The van der Waals surface area contributed by atoms with Crippen molar-refractivity contribution in [2.45, 2.75) is 25.4 Å². The van der Waals surface area contributed by atoms with Crippen molar-refractivity contribution in [2.75, 3.05) is 13.1 Å². The van der Waals surface area contributed by atoms with Gasteiger partial charge in [0.05, 0.1) is 12.5 Å². The van der Waals surface area contributed by atoms with E-state index in [4.69, 9.17) is 11.6 Å². The van der Waals surface area contributed by atoms with Gasteiger partial charge in [0.1, 0.15) is 0 Å². The molecule has 1 aliphatic heterocycles. The second-order valence-corrected chi connectivity index (χ2v) is 6.76. The second-order valence-electron chi connectivity index (χ2n) is 6.32. The molecular formula is C19H21ClN2O2. The predicted molar refractivity (Wildman–Crippen MR) is 93.8 cm³/mol. The van der Waals surface area contributed by atoms with Crippen molar-refractivity contribution in [2.24, 2.45) is 5.92 Å². The van der Waals surface area contributed by atoms with E-state index < -0.39 is 0 Å². The Balaban J connectivity index is 1.62. The maximum Gasteiger partial charge on any atom is 0.227 e. The maximum atomic E-state index is 12.5. The van der Waals surface area contributed by atoms with Gasteiger partial charge in [-0.05, 0) is 42.2 Å². The van der Waals surface area contributed by atoms with Crippen LogP contribution in [0.25, 0.3) is 0 Å². The van der Waals surface area contributed by atoms with E-state index in [1.165, 1.54) is 0 Å². The van der Waals surface area contributed by atoms with Gasteiger partial charge in [-0.3, -0.25) is 9.78 Å². The number of aromatic nitrogens is 1. The molecule has 1 amide bonds. The number of rotatable bonds is 4. The van der Waals surface area contributed by atoms with Crippen LogP contribution in [0.1, 0.15) is 17.5 Å². The third kappa shape index (κ3) is 4.34. The van der Waals surface area contributed by atoms with Crippen LogP contribution in [0.2, 0.25) is 5.02 Å². The van der Waals surface area contributed by atoms with Crippen LogP contribution >= 0.6 is 11.6 Å². The number of amides is 1. The molecule has 24 heavy (non-hydrogen) atoms. The number of piperidine rings is 1. The fourth-order valence-corrected chi connectivity index (χ4v) is 3.29. The lowest BCUT2D eigenvalue weighted by Crippen LogP contribution is -2.47. The van der Waals surface area contributed by atoms with Gasteiger partial charge in [-0.25, -0.2) is 0 Å². The Labute approximate surface area is 147 Å². The van der Waals surface area contributed by atoms with Crippen molar-refractivity contribution in [3.63, 3.8) is 0 Å². The molecule has 0 aliphatic carbocycles. The predicted octanol–water partition coefficient (Wildman–Crippen LogP) is 2.73. The monoisotopic (exact) mass is 344 g/mol. The van der Waals surface area contributed by atoms with E-state index in [1.807, 2.05) is 41.3 Å². The molecule has 0 radical (unpaired) electrons. The molecule has 1 N–H and O–H groups in total. The van der Waals surface area contributed by atoms with Gasteiger partial charge in [-0.2, -0.15) is 0 Å². The first-order chi connectivity index (χ1) is 11.6. The van der Waals surface area contributed by atoms with Gasteiger partial charge in [0.25, 0.3) is 0 Å². The van der Waals surface area contributed by atoms with Crippen LogP contribution in [-0.2, 0) is 17.6 Å². The number of benzene rings is 1. The Bertz CT molecular complexity index is 676. The summed E-state index contributed by atoms with van der Waals surface area (Å²) in [5.41, 5.74) is 2.05. The summed E-state index contributed by atoms with van der Waals surface area (Å²) in [6.45, 7) is 1.19. The second kappa shape index (κ2) is 7.77. The minimum absolute atomic E-state index is 0.0535. The van der Waals surface area contributed by atoms with Gasteiger partial charge < -0.3 is 10.0 Å². The van der Waals surface area contributed by atoms with Gasteiger partial charge >= 0.3 is 0 Å². The summed E-state index contributed by atoms with van der Waals surface area (Å²) in [6, 6.07) is 11.4. The molecule has 3 rings (SSSR count). The fourth-order valence-electron chi connectivity index (χ4n) is 3.16. The highest BCUT2D eigenvalue weighted by molar-refractivity contribution is 6.30. The van der Waals surface area contributed by atoms with Crippen molar-refractivity contribution in [1.82, 2.24) is 9.88 Å². The number of hydrogen-bond donors (Lipinski definition) is 1. The highest BCUT2D eigenvalue weighted by Gasteiger charge is 2.30. The number of halogens is 1. The molecule has 0 saturated carbocycles. The number of aliphatic hydroxyl groups excluding tert-OH is 1. The van der Waals surface area contributed by atoms with Gasteiger partial charge in [0, 0.05) is 36.4 Å². The van der Waals surface area contributed by atoms with Gasteiger partial charge in [-0.15, -0.1) is 0 Å². The normalized spacial score (nSPS) is 20.8.